The maximum absolute atomic E-state index is 11.7. The first-order valence-corrected chi connectivity index (χ1v) is 6.16. The van der Waals surface area contributed by atoms with Gasteiger partial charge in [0.2, 0.25) is 6.08 Å². The topological polar surface area (TPSA) is 72.8 Å². The van der Waals surface area contributed by atoms with Crippen LogP contribution in [0.4, 0.5) is 0 Å². The summed E-state index contributed by atoms with van der Waals surface area (Å²) in [5.41, 5.74) is 0. The molecule has 0 aliphatic rings. The minimum atomic E-state index is -3.39. The Morgan fingerprint density at radius 2 is 1.94 bits per heavy atom. The lowest BCUT2D eigenvalue weighted by Crippen LogP contribution is -2.09. The van der Waals surface area contributed by atoms with E-state index in [9.17, 15) is 13.2 Å². The molecule has 16 heavy (non-hydrogen) atoms. The Labute approximate surface area is 93.7 Å². The molecule has 0 bridgehead atoms. The molecule has 0 N–H and O–H groups in total. The summed E-state index contributed by atoms with van der Waals surface area (Å²) >= 11 is 0. The second-order valence-corrected chi connectivity index (χ2v) is 5.08. The SMILES string of the molecule is COc1ccc(S(=O)(=O)CCN=C=O)cc1. The third kappa shape index (κ3) is 3.18. The van der Waals surface area contributed by atoms with E-state index in [0.717, 1.165) is 0 Å². The zero-order valence-electron chi connectivity index (χ0n) is 8.71. The number of nitrogens with zero attached hydrogens (tertiary/aromatic N) is 1. The molecule has 0 aliphatic carbocycles. The highest BCUT2D eigenvalue weighted by atomic mass is 32.2. The molecule has 0 spiro atoms. The molecule has 0 radical (unpaired) electrons. The second-order valence-electron chi connectivity index (χ2n) is 2.97. The molecule has 0 aliphatic heterocycles. The summed E-state index contributed by atoms with van der Waals surface area (Å²) in [7, 11) is -1.88. The van der Waals surface area contributed by atoms with E-state index in [0.29, 0.717) is 5.75 Å². The van der Waals surface area contributed by atoms with Crippen molar-refractivity contribution in [2.24, 2.45) is 4.99 Å². The third-order valence-electron chi connectivity index (χ3n) is 1.95. The summed E-state index contributed by atoms with van der Waals surface area (Å²) in [6, 6.07) is 6.04. The Morgan fingerprint density at radius 1 is 1.31 bits per heavy atom. The highest BCUT2D eigenvalue weighted by Crippen LogP contribution is 2.16. The maximum Gasteiger partial charge on any atom is 0.234 e. The highest BCUT2D eigenvalue weighted by Gasteiger charge is 2.13. The molecule has 5 nitrogen and oxygen atoms in total. The summed E-state index contributed by atoms with van der Waals surface area (Å²) in [6.07, 6.45) is 1.30. The van der Waals surface area contributed by atoms with Gasteiger partial charge in [0.25, 0.3) is 0 Å². The molecule has 6 heteroatoms. The number of sulfone groups is 1. The Hall–Kier alpha value is -1.65. The number of benzene rings is 1. The standard InChI is InChI=1S/C10H11NO4S/c1-15-9-2-4-10(5-3-9)16(13,14)7-6-11-8-12/h2-5H,6-7H2,1H3. The number of hydrogen-bond donors (Lipinski definition) is 0. The molecule has 1 rings (SSSR count). The van der Waals surface area contributed by atoms with Crippen LogP contribution >= 0.6 is 0 Å². The number of methoxy groups -OCH3 is 1. The normalized spacial score (nSPS) is 10.6. The van der Waals surface area contributed by atoms with Crippen LogP contribution in [0.2, 0.25) is 0 Å². The van der Waals surface area contributed by atoms with Gasteiger partial charge in [-0.2, -0.15) is 0 Å². The van der Waals surface area contributed by atoms with Gasteiger partial charge in [-0.1, -0.05) is 0 Å². The van der Waals surface area contributed by atoms with Crippen LogP contribution in [0.15, 0.2) is 34.2 Å². The van der Waals surface area contributed by atoms with Crippen LogP contribution in [0, 0.1) is 0 Å². The Kier molecular flexibility index (Phi) is 4.22. The van der Waals surface area contributed by atoms with Crippen molar-refractivity contribution in [1.29, 1.82) is 0 Å². The molecule has 1 aromatic carbocycles. The van der Waals surface area contributed by atoms with Gasteiger partial charge < -0.3 is 4.74 Å². The molecule has 0 atom stereocenters. The van der Waals surface area contributed by atoms with Gasteiger partial charge in [-0.25, -0.2) is 18.2 Å². The number of ether oxygens (including phenoxy) is 1. The lowest BCUT2D eigenvalue weighted by Gasteiger charge is -2.03. The van der Waals surface area contributed by atoms with Crippen LogP contribution in [0.25, 0.3) is 0 Å². The van der Waals surface area contributed by atoms with Gasteiger partial charge in [0.15, 0.2) is 9.84 Å². The van der Waals surface area contributed by atoms with E-state index < -0.39 is 9.84 Å². The molecule has 1 aromatic rings. The molecule has 0 saturated heterocycles. The molecular formula is C10H11NO4S. The van der Waals surface area contributed by atoms with Gasteiger partial charge in [0.1, 0.15) is 5.75 Å². The van der Waals surface area contributed by atoms with E-state index in [1.54, 1.807) is 12.1 Å². The van der Waals surface area contributed by atoms with Crippen molar-refractivity contribution in [3.8, 4) is 5.75 Å². The second kappa shape index (κ2) is 5.44. The minimum absolute atomic E-state index is 0.0716. The van der Waals surface area contributed by atoms with Gasteiger partial charge in [-0.3, -0.25) is 0 Å². The van der Waals surface area contributed by atoms with E-state index in [2.05, 4.69) is 4.99 Å². The molecular weight excluding hydrogens is 230 g/mol. The van der Waals surface area contributed by atoms with Crippen molar-refractivity contribution in [1.82, 2.24) is 0 Å². The van der Waals surface area contributed by atoms with E-state index in [4.69, 9.17) is 4.74 Å². The van der Waals surface area contributed by atoms with Crippen molar-refractivity contribution < 1.29 is 17.9 Å². The zero-order chi connectivity index (χ0) is 12.0. The summed E-state index contributed by atoms with van der Waals surface area (Å²) in [6.45, 7) is -0.0716. The largest absolute Gasteiger partial charge is 0.497 e. The van der Waals surface area contributed by atoms with Gasteiger partial charge in [-0.05, 0) is 24.3 Å². The Balaban J connectivity index is 2.85. The monoisotopic (exact) mass is 241 g/mol. The number of aliphatic imine (C=N–C) groups is 1. The summed E-state index contributed by atoms with van der Waals surface area (Å²) in [5, 5.41) is 0. The Bertz CT molecular complexity index is 486. The first-order valence-electron chi connectivity index (χ1n) is 4.50. The average Bonchev–Trinajstić information content (AvgIpc) is 2.29. The fraction of sp³-hybridized carbons (Fsp3) is 0.300. The van der Waals surface area contributed by atoms with Crippen molar-refractivity contribution in [2.75, 3.05) is 19.4 Å². The summed E-state index contributed by atoms with van der Waals surface area (Å²) < 4.78 is 28.3. The smallest absolute Gasteiger partial charge is 0.234 e. The fourth-order valence-electron chi connectivity index (χ4n) is 1.11. The number of carbonyl (C=O) groups excluding carboxylic acids is 1. The minimum Gasteiger partial charge on any atom is -0.497 e. The maximum atomic E-state index is 11.7. The number of rotatable bonds is 5. The average molecular weight is 241 g/mol. The quantitative estimate of drug-likeness (QED) is 0.564. The molecule has 86 valence electrons. The molecule has 0 amide bonds. The lowest BCUT2D eigenvalue weighted by atomic mass is 10.3. The third-order valence-corrected chi connectivity index (χ3v) is 3.67. The predicted octanol–water partition coefficient (Wildman–Crippen LogP) is 0.805. The van der Waals surface area contributed by atoms with Crippen LogP contribution < -0.4 is 4.74 Å². The van der Waals surface area contributed by atoms with Crippen LogP contribution in [0.1, 0.15) is 0 Å². The van der Waals surface area contributed by atoms with Crippen molar-refractivity contribution in [2.45, 2.75) is 4.90 Å². The lowest BCUT2D eigenvalue weighted by molar-refractivity contribution is 0.414. The van der Waals surface area contributed by atoms with E-state index in [1.807, 2.05) is 0 Å². The molecule has 0 unspecified atom stereocenters. The molecule has 0 fully saturated rings. The van der Waals surface area contributed by atoms with Gasteiger partial charge in [0, 0.05) is 0 Å². The van der Waals surface area contributed by atoms with Gasteiger partial charge in [0.05, 0.1) is 24.3 Å². The van der Waals surface area contributed by atoms with Crippen LogP contribution in [0.5, 0.6) is 5.75 Å². The predicted molar refractivity (Wildman–Crippen MR) is 58.0 cm³/mol. The summed E-state index contributed by atoms with van der Waals surface area (Å²) in [5.74, 6) is 0.388. The van der Waals surface area contributed by atoms with Crippen molar-refractivity contribution >= 4 is 15.9 Å². The molecule has 0 heterocycles. The van der Waals surface area contributed by atoms with E-state index in [-0.39, 0.29) is 17.2 Å². The number of isocyanates is 1. The number of hydrogen-bond acceptors (Lipinski definition) is 5. The van der Waals surface area contributed by atoms with E-state index >= 15 is 0 Å². The van der Waals surface area contributed by atoms with E-state index in [1.165, 1.54) is 25.3 Å². The van der Waals surface area contributed by atoms with Crippen LogP contribution in [-0.4, -0.2) is 33.9 Å². The Morgan fingerprint density at radius 3 is 2.44 bits per heavy atom. The first-order chi connectivity index (χ1) is 7.60. The van der Waals surface area contributed by atoms with Crippen molar-refractivity contribution in [3.63, 3.8) is 0 Å². The van der Waals surface area contributed by atoms with Crippen LogP contribution in [-0.2, 0) is 14.6 Å². The van der Waals surface area contributed by atoms with Gasteiger partial charge >= 0.3 is 0 Å². The molecule has 0 aromatic heterocycles. The zero-order valence-corrected chi connectivity index (χ0v) is 9.53. The van der Waals surface area contributed by atoms with Gasteiger partial charge in [-0.15, -0.1) is 0 Å². The molecule has 0 saturated carbocycles. The van der Waals surface area contributed by atoms with Crippen LogP contribution in [0.3, 0.4) is 0 Å². The van der Waals surface area contributed by atoms with Crippen molar-refractivity contribution in [3.05, 3.63) is 24.3 Å². The first kappa shape index (κ1) is 12.4. The summed E-state index contributed by atoms with van der Waals surface area (Å²) in [4.78, 5) is 13.2. The fourth-order valence-corrected chi connectivity index (χ4v) is 2.23. The highest BCUT2D eigenvalue weighted by molar-refractivity contribution is 7.91.